The highest BCUT2D eigenvalue weighted by atomic mass is 35.5. The highest BCUT2D eigenvalue weighted by molar-refractivity contribution is 6.32. The molecule has 1 atom stereocenters. The first-order chi connectivity index (χ1) is 12.5. The first-order valence-electron chi connectivity index (χ1n) is 8.41. The predicted molar refractivity (Wildman–Crippen MR) is 102 cm³/mol. The number of carbonyl (C=O) groups excluding carboxylic acids is 2. The molecule has 0 saturated heterocycles. The molecule has 1 aliphatic carbocycles. The van der Waals surface area contributed by atoms with Gasteiger partial charge in [-0.2, -0.15) is 0 Å². The van der Waals surface area contributed by atoms with Crippen molar-refractivity contribution in [3.8, 4) is 5.75 Å². The van der Waals surface area contributed by atoms with Crippen LogP contribution in [0.2, 0.25) is 5.02 Å². The van der Waals surface area contributed by atoms with Crippen LogP contribution in [-0.4, -0.2) is 24.1 Å². The number of ether oxygens (including phenoxy) is 1. The Hall–Kier alpha value is -2.73. The molecule has 7 heteroatoms. The first-order valence-corrected chi connectivity index (χ1v) is 8.78. The minimum Gasteiger partial charge on any atom is -0.479 e. The molecule has 0 aromatic heterocycles. The van der Waals surface area contributed by atoms with E-state index in [0.717, 1.165) is 12.8 Å². The molecule has 1 fully saturated rings. The average Bonchev–Trinajstić information content (AvgIpc) is 3.41. The Bertz CT molecular complexity index is 808. The fourth-order valence-electron chi connectivity index (χ4n) is 2.28. The highest BCUT2D eigenvalue weighted by Crippen LogP contribution is 2.24. The van der Waals surface area contributed by atoms with Gasteiger partial charge in [0.2, 0.25) is 0 Å². The molecule has 0 bridgehead atoms. The zero-order valence-electron chi connectivity index (χ0n) is 14.3. The van der Waals surface area contributed by atoms with E-state index in [0.29, 0.717) is 22.1 Å². The Labute approximate surface area is 156 Å². The molecular formula is C19H20ClN3O3. The van der Waals surface area contributed by atoms with E-state index in [-0.39, 0.29) is 18.0 Å². The van der Waals surface area contributed by atoms with E-state index in [1.807, 2.05) is 0 Å². The Morgan fingerprint density at radius 3 is 2.46 bits per heavy atom. The van der Waals surface area contributed by atoms with E-state index in [1.54, 1.807) is 55.5 Å². The van der Waals surface area contributed by atoms with Crippen molar-refractivity contribution in [1.29, 1.82) is 0 Å². The lowest BCUT2D eigenvalue weighted by Gasteiger charge is -2.16. The second-order valence-corrected chi connectivity index (χ2v) is 6.54. The van der Waals surface area contributed by atoms with Crippen LogP contribution < -0.4 is 20.7 Å². The van der Waals surface area contributed by atoms with E-state index >= 15 is 0 Å². The molecular weight excluding hydrogens is 354 g/mol. The van der Waals surface area contributed by atoms with Gasteiger partial charge in [-0.15, -0.1) is 0 Å². The minimum absolute atomic E-state index is 0.244. The molecule has 3 rings (SSSR count). The van der Waals surface area contributed by atoms with Crippen LogP contribution in [0, 0.1) is 0 Å². The molecule has 3 amide bonds. The van der Waals surface area contributed by atoms with Crippen LogP contribution in [-0.2, 0) is 4.79 Å². The van der Waals surface area contributed by atoms with Crippen LogP contribution in [0.5, 0.6) is 5.75 Å². The Morgan fingerprint density at radius 2 is 1.77 bits per heavy atom. The minimum atomic E-state index is -0.732. The summed E-state index contributed by atoms with van der Waals surface area (Å²) in [4.78, 5) is 24.1. The molecule has 0 heterocycles. The number of nitrogens with one attached hydrogen (secondary N) is 3. The summed E-state index contributed by atoms with van der Waals surface area (Å²) in [6.07, 6.45) is 1.31. The summed E-state index contributed by atoms with van der Waals surface area (Å²) in [5, 5.41) is 8.81. The standard InChI is InChI=1S/C19H20ClN3O3/c1-12(26-17-8-3-2-7-16(17)20)18(24)21-14-5-4-6-15(11-14)23-19(25)22-13-9-10-13/h2-8,11-13H,9-10H2,1H3,(H,21,24)(H2,22,23,25)/t12-/m0/s1. The van der Waals surface area contributed by atoms with Crippen LogP contribution in [0.15, 0.2) is 48.5 Å². The molecule has 26 heavy (non-hydrogen) atoms. The van der Waals surface area contributed by atoms with Crippen molar-refractivity contribution in [1.82, 2.24) is 5.32 Å². The molecule has 1 aliphatic rings. The fourth-order valence-corrected chi connectivity index (χ4v) is 2.46. The highest BCUT2D eigenvalue weighted by Gasteiger charge is 2.23. The lowest BCUT2D eigenvalue weighted by Crippen LogP contribution is -2.31. The van der Waals surface area contributed by atoms with Gasteiger partial charge >= 0.3 is 6.03 Å². The predicted octanol–water partition coefficient (Wildman–Crippen LogP) is 4.03. The third-order valence-corrected chi connectivity index (χ3v) is 4.12. The van der Waals surface area contributed by atoms with Gasteiger partial charge in [0.1, 0.15) is 5.75 Å². The van der Waals surface area contributed by atoms with Crippen molar-refractivity contribution in [3.63, 3.8) is 0 Å². The second kappa shape index (κ2) is 8.10. The number of rotatable bonds is 6. The van der Waals surface area contributed by atoms with Gasteiger partial charge < -0.3 is 20.7 Å². The number of benzene rings is 2. The SMILES string of the molecule is C[C@H](Oc1ccccc1Cl)C(=O)Nc1cccc(NC(=O)NC2CC2)c1. The van der Waals surface area contributed by atoms with Gasteiger partial charge in [-0.05, 0) is 50.1 Å². The van der Waals surface area contributed by atoms with Gasteiger partial charge in [0.15, 0.2) is 6.10 Å². The zero-order valence-corrected chi connectivity index (χ0v) is 15.0. The van der Waals surface area contributed by atoms with Crippen LogP contribution in [0.3, 0.4) is 0 Å². The van der Waals surface area contributed by atoms with Crippen LogP contribution in [0.25, 0.3) is 0 Å². The van der Waals surface area contributed by atoms with Crippen LogP contribution in [0.4, 0.5) is 16.2 Å². The number of para-hydroxylation sites is 1. The van der Waals surface area contributed by atoms with Gasteiger partial charge in [-0.25, -0.2) is 4.79 Å². The number of hydrogen-bond donors (Lipinski definition) is 3. The van der Waals surface area contributed by atoms with Crippen molar-refractivity contribution in [2.45, 2.75) is 31.9 Å². The largest absolute Gasteiger partial charge is 0.479 e. The first kappa shape index (κ1) is 18.1. The number of carbonyl (C=O) groups is 2. The average molecular weight is 374 g/mol. The number of anilines is 2. The molecule has 0 aliphatic heterocycles. The van der Waals surface area contributed by atoms with Crippen LogP contribution >= 0.6 is 11.6 Å². The summed E-state index contributed by atoms with van der Waals surface area (Å²) in [5.41, 5.74) is 1.16. The smallest absolute Gasteiger partial charge is 0.319 e. The fraction of sp³-hybridized carbons (Fsp3) is 0.263. The van der Waals surface area contributed by atoms with Crippen molar-refractivity contribution in [2.75, 3.05) is 10.6 Å². The van der Waals surface area contributed by atoms with Gasteiger partial charge in [0.25, 0.3) is 5.91 Å². The summed E-state index contributed by atoms with van der Waals surface area (Å²) in [5.74, 6) is 0.133. The molecule has 6 nitrogen and oxygen atoms in total. The molecule has 0 spiro atoms. The molecule has 0 unspecified atom stereocenters. The van der Waals surface area contributed by atoms with Gasteiger partial charge in [-0.1, -0.05) is 29.8 Å². The summed E-state index contributed by atoms with van der Waals surface area (Å²) >= 11 is 6.04. The lowest BCUT2D eigenvalue weighted by atomic mass is 10.2. The molecule has 2 aromatic rings. The van der Waals surface area contributed by atoms with Gasteiger partial charge in [0.05, 0.1) is 5.02 Å². The van der Waals surface area contributed by atoms with E-state index in [2.05, 4.69) is 16.0 Å². The maximum atomic E-state index is 12.3. The normalized spacial score (nSPS) is 14.2. The Morgan fingerprint density at radius 1 is 1.08 bits per heavy atom. The lowest BCUT2D eigenvalue weighted by molar-refractivity contribution is -0.122. The number of halogens is 1. The van der Waals surface area contributed by atoms with Crippen molar-refractivity contribution in [3.05, 3.63) is 53.6 Å². The topological polar surface area (TPSA) is 79.5 Å². The van der Waals surface area contributed by atoms with Crippen LogP contribution in [0.1, 0.15) is 19.8 Å². The number of urea groups is 1. The van der Waals surface area contributed by atoms with E-state index in [9.17, 15) is 9.59 Å². The second-order valence-electron chi connectivity index (χ2n) is 6.13. The molecule has 2 aromatic carbocycles. The quantitative estimate of drug-likeness (QED) is 0.715. The van der Waals surface area contributed by atoms with Crippen molar-refractivity contribution < 1.29 is 14.3 Å². The van der Waals surface area contributed by atoms with Gasteiger partial charge in [0, 0.05) is 17.4 Å². The van der Waals surface area contributed by atoms with Crippen molar-refractivity contribution >= 4 is 34.9 Å². The monoisotopic (exact) mass is 373 g/mol. The van der Waals surface area contributed by atoms with Crippen molar-refractivity contribution in [2.24, 2.45) is 0 Å². The number of hydrogen-bond acceptors (Lipinski definition) is 3. The molecule has 136 valence electrons. The third kappa shape index (κ3) is 5.13. The van der Waals surface area contributed by atoms with E-state index < -0.39 is 6.10 Å². The van der Waals surface area contributed by atoms with Gasteiger partial charge in [-0.3, -0.25) is 4.79 Å². The summed E-state index contributed by atoms with van der Waals surface area (Å²) in [7, 11) is 0. The Balaban J connectivity index is 1.57. The molecule has 3 N–H and O–H groups in total. The molecule has 1 saturated carbocycles. The summed E-state index contributed by atoms with van der Waals surface area (Å²) < 4.78 is 5.60. The van der Waals surface area contributed by atoms with E-state index in [4.69, 9.17) is 16.3 Å². The maximum absolute atomic E-state index is 12.3. The number of amides is 3. The maximum Gasteiger partial charge on any atom is 0.319 e. The zero-order chi connectivity index (χ0) is 18.5. The molecule has 0 radical (unpaired) electrons. The summed E-state index contributed by atoms with van der Waals surface area (Å²) in [6, 6.07) is 13.9. The third-order valence-electron chi connectivity index (χ3n) is 3.81. The Kier molecular flexibility index (Phi) is 5.63. The summed E-state index contributed by atoms with van der Waals surface area (Å²) in [6.45, 7) is 1.64. The van der Waals surface area contributed by atoms with E-state index in [1.165, 1.54) is 0 Å².